The van der Waals surface area contributed by atoms with Crippen molar-refractivity contribution in [3.8, 4) is 0 Å². The van der Waals surface area contributed by atoms with Crippen molar-refractivity contribution in [2.24, 2.45) is 0 Å². The van der Waals surface area contributed by atoms with Crippen molar-refractivity contribution in [2.75, 3.05) is 0 Å². The third-order valence-corrected chi connectivity index (χ3v) is 1.69. The Morgan fingerprint density at radius 3 is 1.88 bits per heavy atom. The predicted molar refractivity (Wildman–Crippen MR) is 69.2 cm³/mol. The van der Waals surface area contributed by atoms with Crippen molar-refractivity contribution in [3.63, 3.8) is 0 Å². The van der Waals surface area contributed by atoms with Gasteiger partial charge in [0.2, 0.25) is 0 Å². The zero-order valence-corrected chi connectivity index (χ0v) is 9.19. The van der Waals surface area contributed by atoms with Crippen molar-refractivity contribution in [1.82, 2.24) is 0 Å². The Morgan fingerprint density at radius 2 is 1.50 bits per heavy atom. The van der Waals surface area contributed by atoms with E-state index in [1.807, 2.05) is 0 Å². The number of rotatable bonds is 6. The van der Waals surface area contributed by atoms with E-state index in [1.165, 1.54) is 30.4 Å². The molecule has 0 aromatic heterocycles. The molecule has 0 saturated heterocycles. The van der Waals surface area contributed by atoms with E-state index in [-0.39, 0.29) is 11.5 Å². The van der Waals surface area contributed by atoms with E-state index in [9.17, 15) is 5.11 Å². The summed E-state index contributed by atoms with van der Waals surface area (Å²) in [4.78, 5) is 0. The first-order valence-corrected chi connectivity index (χ1v) is 4.64. The Kier molecular flexibility index (Phi) is 6.13. The summed E-state index contributed by atoms with van der Waals surface area (Å²) in [5, 5.41) is 18.8. The van der Waals surface area contributed by atoms with E-state index in [1.54, 1.807) is 6.08 Å². The zero-order chi connectivity index (χ0) is 12.6. The minimum absolute atomic E-state index is 0.0160. The first-order valence-electron chi connectivity index (χ1n) is 4.64. The maximum atomic E-state index is 9.73. The predicted octanol–water partition coefficient (Wildman–Crippen LogP) is 3.91. The normalized spacial score (nSPS) is 13.1. The Hall–Kier alpha value is -2.22. The van der Waals surface area contributed by atoms with Gasteiger partial charge in [0, 0.05) is 5.57 Å². The summed E-state index contributed by atoms with van der Waals surface area (Å²) in [7, 11) is 0. The van der Waals surface area contributed by atoms with Gasteiger partial charge < -0.3 is 10.2 Å². The molecule has 2 nitrogen and oxygen atoms in total. The fourth-order valence-corrected chi connectivity index (χ4v) is 1.07. The van der Waals surface area contributed by atoms with E-state index >= 15 is 0 Å². The largest absolute Gasteiger partial charge is 0.509 e. The lowest BCUT2D eigenvalue weighted by Crippen LogP contribution is -1.92. The van der Waals surface area contributed by atoms with Gasteiger partial charge in [-0.25, -0.2) is 0 Å². The lowest BCUT2D eigenvalue weighted by atomic mass is 10.0. The Morgan fingerprint density at radius 1 is 0.938 bits per heavy atom. The molecule has 0 rings (SSSR count). The van der Waals surface area contributed by atoms with Gasteiger partial charge in [0.25, 0.3) is 0 Å². The third-order valence-electron chi connectivity index (χ3n) is 1.69. The fraction of sp³-hybridized carbons (Fsp3) is 0. The molecule has 0 aliphatic rings. The molecule has 0 bridgehead atoms. The molecule has 0 saturated carbocycles. The van der Waals surface area contributed by atoms with Crippen LogP contribution in [0.4, 0.5) is 0 Å². The summed E-state index contributed by atoms with van der Waals surface area (Å²) in [6, 6.07) is 0. The molecule has 0 aromatic rings. The summed E-state index contributed by atoms with van der Waals surface area (Å²) >= 11 is 0. The van der Waals surface area contributed by atoms with Gasteiger partial charge in [-0.1, -0.05) is 50.6 Å². The molecule has 0 amide bonds. The highest BCUT2D eigenvalue weighted by Crippen LogP contribution is 2.19. The molecular formula is C14H16O2. The molecule has 0 atom stereocenters. The second-order valence-corrected chi connectivity index (χ2v) is 2.90. The fourth-order valence-electron chi connectivity index (χ4n) is 1.07. The van der Waals surface area contributed by atoms with E-state index in [4.69, 9.17) is 5.11 Å². The van der Waals surface area contributed by atoms with Crippen molar-refractivity contribution in [3.05, 3.63) is 85.4 Å². The number of allylic oxidation sites excluding steroid dienone is 7. The van der Waals surface area contributed by atoms with E-state index in [0.29, 0.717) is 11.1 Å². The molecule has 2 N–H and O–H groups in total. The summed E-state index contributed by atoms with van der Waals surface area (Å²) in [5.41, 5.74) is 1.03. The van der Waals surface area contributed by atoms with Gasteiger partial charge in [0.15, 0.2) is 0 Å². The standard InChI is InChI=1S/C14H16O2/c1-5-8-13(14(16)9-6-2)12(7-3)10-11(4)15/h5-10,15-16H,1-4H2/b12-10-,13-8+,14-9+. The average Bonchev–Trinajstić information content (AvgIpc) is 2.23. The Bertz CT molecular complexity index is 393. The van der Waals surface area contributed by atoms with Crippen LogP contribution in [0.3, 0.4) is 0 Å². The number of hydrogen-bond donors (Lipinski definition) is 2. The second kappa shape index (κ2) is 7.12. The van der Waals surface area contributed by atoms with Crippen LogP contribution in [-0.4, -0.2) is 10.2 Å². The molecule has 2 heteroatoms. The molecule has 0 aromatic carbocycles. The van der Waals surface area contributed by atoms with Gasteiger partial charge in [0.1, 0.15) is 11.5 Å². The van der Waals surface area contributed by atoms with Crippen LogP contribution in [0.5, 0.6) is 0 Å². The van der Waals surface area contributed by atoms with Crippen molar-refractivity contribution >= 4 is 0 Å². The lowest BCUT2D eigenvalue weighted by molar-refractivity contribution is 0.424. The summed E-state index contributed by atoms with van der Waals surface area (Å²) in [5.74, 6) is -0.0986. The van der Waals surface area contributed by atoms with Gasteiger partial charge in [-0.05, 0) is 17.7 Å². The first-order chi connectivity index (χ1) is 7.56. The topological polar surface area (TPSA) is 40.5 Å². The van der Waals surface area contributed by atoms with Crippen LogP contribution in [0.2, 0.25) is 0 Å². The maximum absolute atomic E-state index is 9.73. The highest BCUT2D eigenvalue weighted by atomic mass is 16.3. The van der Waals surface area contributed by atoms with Crippen LogP contribution in [-0.2, 0) is 0 Å². The molecule has 0 radical (unpaired) electrons. The van der Waals surface area contributed by atoms with Crippen molar-refractivity contribution in [2.45, 2.75) is 0 Å². The van der Waals surface area contributed by atoms with Crippen molar-refractivity contribution in [1.29, 1.82) is 0 Å². The number of aliphatic hydroxyl groups excluding tert-OH is 2. The van der Waals surface area contributed by atoms with Gasteiger partial charge in [0.05, 0.1) is 0 Å². The van der Waals surface area contributed by atoms with Crippen LogP contribution < -0.4 is 0 Å². The molecule has 84 valence electrons. The smallest absolute Gasteiger partial charge is 0.123 e. The monoisotopic (exact) mass is 216 g/mol. The quantitative estimate of drug-likeness (QED) is 0.522. The van der Waals surface area contributed by atoms with Crippen molar-refractivity contribution < 1.29 is 10.2 Å². The van der Waals surface area contributed by atoms with E-state index < -0.39 is 0 Å². The minimum atomic E-state index is -0.115. The molecule has 0 fully saturated rings. The van der Waals surface area contributed by atoms with E-state index in [2.05, 4.69) is 26.3 Å². The lowest BCUT2D eigenvalue weighted by Gasteiger charge is -2.07. The highest BCUT2D eigenvalue weighted by molar-refractivity contribution is 5.52. The maximum Gasteiger partial charge on any atom is 0.123 e. The molecule has 0 unspecified atom stereocenters. The zero-order valence-electron chi connectivity index (χ0n) is 9.19. The van der Waals surface area contributed by atoms with E-state index in [0.717, 1.165) is 0 Å². The first kappa shape index (κ1) is 13.8. The summed E-state index contributed by atoms with van der Waals surface area (Å²) < 4.78 is 0. The molecular weight excluding hydrogens is 200 g/mol. The summed E-state index contributed by atoms with van der Waals surface area (Å²) in [6.07, 6.45) is 8.93. The van der Waals surface area contributed by atoms with Gasteiger partial charge in [-0.3, -0.25) is 0 Å². The van der Waals surface area contributed by atoms with Gasteiger partial charge in [-0.15, -0.1) is 0 Å². The highest BCUT2D eigenvalue weighted by Gasteiger charge is 2.05. The molecule has 0 spiro atoms. The number of aliphatic hydroxyl groups is 2. The van der Waals surface area contributed by atoms with Crippen LogP contribution in [0.15, 0.2) is 85.4 Å². The Labute approximate surface area is 96.2 Å². The van der Waals surface area contributed by atoms with Gasteiger partial charge >= 0.3 is 0 Å². The molecule has 0 aliphatic heterocycles. The van der Waals surface area contributed by atoms with Crippen LogP contribution in [0, 0.1) is 0 Å². The molecule has 0 aliphatic carbocycles. The molecule has 0 heterocycles. The van der Waals surface area contributed by atoms with Crippen LogP contribution >= 0.6 is 0 Å². The SMILES string of the molecule is C=C\C=C(O)/C(=C/C=C)C(/C=C)=C\C(=C)O. The Balaban J connectivity index is 5.52. The van der Waals surface area contributed by atoms with Crippen LogP contribution in [0.25, 0.3) is 0 Å². The summed E-state index contributed by atoms with van der Waals surface area (Å²) in [6.45, 7) is 14.0. The van der Waals surface area contributed by atoms with Crippen LogP contribution in [0.1, 0.15) is 0 Å². The number of hydrogen-bond acceptors (Lipinski definition) is 2. The minimum Gasteiger partial charge on any atom is -0.509 e. The third kappa shape index (κ3) is 4.33. The molecule has 16 heavy (non-hydrogen) atoms. The average molecular weight is 216 g/mol. The van der Waals surface area contributed by atoms with Gasteiger partial charge in [-0.2, -0.15) is 0 Å². The second-order valence-electron chi connectivity index (χ2n) is 2.90.